The van der Waals surface area contributed by atoms with Crippen LogP contribution in [0.3, 0.4) is 0 Å². The van der Waals surface area contributed by atoms with Gasteiger partial charge in [0.2, 0.25) is 0 Å². The molecule has 1 saturated heterocycles. The molecule has 1 fully saturated rings. The fourth-order valence-electron chi connectivity index (χ4n) is 4.16. The van der Waals surface area contributed by atoms with Crippen LogP contribution in [0.2, 0.25) is 0 Å². The van der Waals surface area contributed by atoms with Crippen molar-refractivity contribution in [2.24, 2.45) is 0 Å². The van der Waals surface area contributed by atoms with Gasteiger partial charge in [0, 0.05) is 5.56 Å². The summed E-state index contributed by atoms with van der Waals surface area (Å²) >= 11 is 1.05. The van der Waals surface area contributed by atoms with E-state index in [1.165, 1.54) is 49.5 Å². The molecule has 8 nitrogen and oxygen atoms in total. The molecule has 1 aliphatic heterocycles. The van der Waals surface area contributed by atoms with E-state index < -0.39 is 29.5 Å². The van der Waals surface area contributed by atoms with Gasteiger partial charge in [-0.15, -0.1) is 0 Å². The van der Waals surface area contributed by atoms with Crippen molar-refractivity contribution in [2.45, 2.75) is 6.04 Å². The molecule has 4 aromatic rings. The molecule has 1 aromatic heterocycles. The van der Waals surface area contributed by atoms with Crippen LogP contribution in [-0.4, -0.2) is 42.0 Å². The van der Waals surface area contributed by atoms with E-state index in [1.54, 1.807) is 36.4 Å². The summed E-state index contributed by atoms with van der Waals surface area (Å²) in [5.74, 6) is -2.63. The molecule has 37 heavy (non-hydrogen) atoms. The summed E-state index contributed by atoms with van der Waals surface area (Å²) in [4.78, 5) is 44.2. The molecule has 0 saturated carbocycles. The average molecular weight is 519 g/mol. The Balaban J connectivity index is 1.69. The number of hydrogen-bond acceptors (Lipinski definition) is 8. The summed E-state index contributed by atoms with van der Waals surface area (Å²) in [7, 11) is 2.76. The molecular formula is C27H19FN2O6S. The summed E-state index contributed by atoms with van der Waals surface area (Å²) in [6.07, 6.45) is 0. The number of thiazole rings is 1. The second kappa shape index (κ2) is 9.47. The van der Waals surface area contributed by atoms with Gasteiger partial charge in [-0.2, -0.15) is 0 Å². The van der Waals surface area contributed by atoms with Crippen molar-refractivity contribution in [2.75, 3.05) is 19.1 Å². The number of nitrogens with zero attached hydrogens (tertiary/aromatic N) is 2. The van der Waals surface area contributed by atoms with Gasteiger partial charge in [-0.05, 0) is 60.2 Å². The van der Waals surface area contributed by atoms with Gasteiger partial charge >= 0.3 is 11.9 Å². The normalized spacial score (nSPS) is 16.8. The van der Waals surface area contributed by atoms with E-state index in [9.17, 15) is 23.9 Å². The number of aliphatic hydroxyl groups is 1. The summed E-state index contributed by atoms with van der Waals surface area (Å²) in [6, 6.07) is 15.5. The van der Waals surface area contributed by atoms with Gasteiger partial charge in [-0.25, -0.2) is 14.2 Å². The lowest BCUT2D eigenvalue weighted by Crippen LogP contribution is -2.29. The lowest BCUT2D eigenvalue weighted by Gasteiger charge is -2.23. The van der Waals surface area contributed by atoms with E-state index in [-0.39, 0.29) is 22.0 Å². The van der Waals surface area contributed by atoms with Crippen LogP contribution < -0.4 is 9.64 Å². The topological polar surface area (TPSA) is 106 Å². The number of anilines is 1. The highest BCUT2D eigenvalue weighted by Crippen LogP contribution is 2.44. The highest BCUT2D eigenvalue weighted by Gasteiger charge is 2.48. The number of Topliss-reactive ketones (excluding diaryl/α,β-unsaturated/α-hetero) is 1. The summed E-state index contributed by atoms with van der Waals surface area (Å²) in [5, 5.41) is 11.4. The van der Waals surface area contributed by atoms with Crippen LogP contribution in [-0.2, 0) is 14.3 Å². The molecule has 0 radical (unpaired) electrons. The molecule has 0 aliphatic carbocycles. The Morgan fingerprint density at radius 3 is 2.32 bits per heavy atom. The number of carbonyl (C=O) groups is 3. The summed E-state index contributed by atoms with van der Waals surface area (Å²) < 4.78 is 24.2. The third-order valence-corrected chi connectivity index (χ3v) is 7.02. The zero-order valence-corrected chi connectivity index (χ0v) is 20.4. The molecule has 186 valence electrons. The zero-order valence-electron chi connectivity index (χ0n) is 19.6. The number of aromatic nitrogens is 1. The number of amides is 1. The molecule has 3 aromatic carbocycles. The van der Waals surface area contributed by atoms with Crippen LogP contribution in [0.15, 0.2) is 72.3 Å². The van der Waals surface area contributed by atoms with E-state index in [0.29, 0.717) is 27.1 Å². The lowest BCUT2D eigenvalue weighted by molar-refractivity contribution is -0.132. The second-order valence-electron chi connectivity index (χ2n) is 8.12. The van der Waals surface area contributed by atoms with E-state index in [4.69, 9.17) is 9.47 Å². The van der Waals surface area contributed by atoms with Gasteiger partial charge < -0.3 is 14.6 Å². The Bertz CT molecular complexity index is 1580. The van der Waals surface area contributed by atoms with Crippen LogP contribution >= 0.6 is 11.3 Å². The molecule has 1 amide bonds. The Hall–Kier alpha value is -4.57. The minimum atomic E-state index is -1.06. The number of ether oxygens (including phenoxy) is 2. The van der Waals surface area contributed by atoms with Crippen molar-refractivity contribution < 1.29 is 33.4 Å². The van der Waals surface area contributed by atoms with Crippen molar-refractivity contribution >= 4 is 50.1 Å². The van der Waals surface area contributed by atoms with Crippen molar-refractivity contribution in [3.63, 3.8) is 0 Å². The van der Waals surface area contributed by atoms with E-state index in [0.717, 1.165) is 11.3 Å². The van der Waals surface area contributed by atoms with E-state index in [2.05, 4.69) is 4.98 Å². The number of methoxy groups -OCH3 is 2. The number of esters is 1. The molecule has 2 heterocycles. The molecule has 5 rings (SSSR count). The van der Waals surface area contributed by atoms with Gasteiger partial charge in [-0.1, -0.05) is 23.5 Å². The Morgan fingerprint density at radius 2 is 1.68 bits per heavy atom. The molecule has 1 aliphatic rings. The van der Waals surface area contributed by atoms with Crippen LogP contribution in [0.5, 0.6) is 5.75 Å². The third kappa shape index (κ3) is 4.21. The summed E-state index contributed by atoms with van der Waals surface area (Å²) in [5.41, 5.74) is 1.34. The van der Waals surface area contributed by atoms with Gasteiger partial charge in [0.15, 0.2) is 5.13 Å². The SMILES string of the molecule is COC(=O)c1ccc(C2/C(=C(\O)c3ccc(OC)cc3)C(=O)C(=O)N2c2nc3ccc(F)cc3s2)cc1. The fraction of sp³-hybridized carbons (Fsp3) is 0.111. The van der Waals surface area contributed by atoms with E-state index in [1.807, 2.05) is 0 Å². The molecular weight excluding hydrogens is 499 g/mol. The second-order valence-corrected chi connectivity index (χ2v) is 9.13. The number of benzene rings is 3. The standard InChI is InChI=1S/C27H19FN2O6S/c1-35-18-10-7-15(8-11-18)23(31)21-22(14-3-5-16(6-4-14)26(34)36-2)30(25(33)24(21)32)27-29-19-12-9-17(28)13-20(19)37-27/h3-13,22,31H,1-2H3/b23-21+. The third-order valence-electron chi connectivity index (χ3n) is 6.00. The average Bonchev–Trinajstić information content (AvgIpc) is 3.45. The molecule has 10 heteroatoms. The van der Waals surface area contributed by atoms with E-state index >= 15 is 0 Å². The predicted molar refractivity (Wildman–Crippen MR) is 135 cm³/mol. The van der Waals surface area contributed by atoms with Crippen LogP contribution in [0, 0.1) is 5.82 Å². The first kappa shape index (κ1) is 24.1. The maximum absolute atomic E-state index is 13.8. The molecule has 0 bridgehead atoms. The number of hydrogen-bond donors (Lipinski definition) is 1. The van der Waals surface area contributed by atoms with Gasteiger partial charge in [0.25, 0.3) is 5.78 Å². The highest BCUT2D eigenvalue weighted by atomic mass is 32.1. The van der Waals surface area contributed by atoms with Crippen molar-refractivity contribution in [1.82, 2.24) is 4.98 Å². The van der Waals surface area contributed by atoms with Gasteiger partial charge in [0.05, 0.1) is 41.6 Å². The Kier molecular flexibility index (Phi) is 6.18. The van der Waals surface area contributed by atoms with Crippen molar-refractivity contribution in [3.8, 4) is 5.75 Å². The van der Waals surface area contributed by atoms with Crippen molar-refractivity contribution in [3.05, 3.63) is 94.8 Å². The molecule has 1 N–H and O–H groups in total. The Labute approximate surface area is 214 Å². The number of rotatable bonds is 5. The van der Waals surface area contributed by atoms with Crippen LogP contribution in [0.25, 0.3) is 16.0 Å². The molecule has 1 unspecified atom stereocenters. The number of halogens is 1. The smallest absolute Gasteiger partial charge is 0.337 e. The Morgan fingerprint density at radius 1 is 1.00 bits per heavy atom. The fourth-order valence-corrected chi connectivity index (χ4v) is 5.18. The van der Waals surface area contributed by atoms with Gasteiger partial charge in [-0.3, -0.25) is 14.5 Å². The highest BCUT2D eigenvalue weighted by molar-refractivity contribution is 7.22. The quantitative estimate of drug-likeness (QED) is 0.174. The van der Waals surface area contributed by atoms with Crippen molar-refractivity contribution in [1.29, 1.82) is 0 Å². The number of aliphatic hydroxyl groups excluding tert-OH is 1. The minimum absolute atomic E-state index is 0.147. The first-order valence-corrected chi connectivity index (χ1v) is 11.8. The first-order chi connectivity index (χ1) is 17.8. The van der Waals surface area contributed by atoms with Crippen LogP contribution in [0.4, 0.5) is 9.52 Å². The predicted octanol–water partition coefficient (Wildman–Crippen LogP) is 4.86. The zero-order chi connectivity index (χ0) is 26.3. The molecule has 0 spiro atoms. The lowest BCUT2D eigenvalue weighted by atomic mass is 9.94. The maximum Gasteiger partial charge on any atom is 0.337 e. The summed E-state index contributed by atoms with van der Waals surface area (Å²) in [6.45, 7) is 0. The minimum Gasteiger partial charge on any atom is -0.507 e. The number of carbonyl (C=O) groups excluding carboxylic acids is 3. The number of ketones is 1. The number of fused-ring (bicyclic) bond motifs is 1. The molecule has 1 atom stereocenters. The first-order valence-electron chi connectivity index (χ1n) is 11.0. The monoisotopic (exact) mass is 518 g/mol. The van der Waals surface area contributed by atoms with Crippen LogP contribution in [0.1, 0.15) is 27.5 Å². The largest absolute Gasteiger partial charge is 0.507 e. The van der Waals surface area contributed by atoms with Gasteiger partial charge in [0.1, 0.15) is 17.3 Å². The maximum atomic E-state index is 13.8.